The van der Waals surface area contributed by atoms with Gasteiger partial charge in [-0.25, -0.2) is 13.1 Å². The predicted molar refractivity (Wildman–Crippen MR) is 83.3 cm³/mol. The van der Waals surface area contributed by atoms with Gasteiger partial charge in [0.25, 0.3) is 0 Å². The normalized spacial score (nSPS) is 17.1. The predicted octanol–water partition coefficient (Wildman–Crippen LogP) is 2.76. The van der Waals surface area contributed by atoms with Crippen molar-refractivity contribution < 1.29 is 13.2 Å². The first-order valence-corrected chi connectivity index (χ1v) is 8.82. The standard InChI is InChI=1S/C16H21NO3S/c1-2-17-21(19,20)16-9-7-14(8-10-16)15(12-18)11-13-5-3-4-6-13/h7-13,17H,2-6H2,1H3/b15-11-. The molecule has 0 spiro atoms. The van der Waals surface area contributed by atoms with E-state index in [1.165, 1.54) is 12.8 Å². The van der Waals surface area contributed by atoms with Gasteiger partial charge in [-0.1, -0.05) is 38.0 Å². The van der Waals surface area contributed by atoms with Crippen LogP contribution in [0, 0.1) is 5.92 Å². The number of hydrogen-bond donors (Lipinski definition) is 1. The van der Waals surface area contributed by atoms with E-state index in [2.05, 4.69) is 4.72 Å². The van der Waals surface area contributed by atoms with Crippen LogP contribution in [0.15, 0.2) is 35.2 Å². The SMILES string of the molecule is CCNS(=O)(=O)c1ccc(/C(C=O)=C\C2CCCC2)cc1. The number of nitrogens with one attached hydrogen (secondary N) is 1. The lowest BCUT2D eigenvalue weighted by Crippen LogP contribution is -2.23. The van der Waals surface area contributed by atoms with Gasteiger partial charge >= 0.3 is 0 Å². The molecule has 1 N–H and O–H groups in total. The third-order valence-corrected chi connectivity index (χ3v) is 5.34. The smallest absolute Gasteiger partial charge is 0.240 e. The first-order valence-electron chi connectivity index (χ1n) is 7.34. The van der Waals surface area contributed by atoms with Gasteiger partial charge in [-0.05, 0) is 36.5 Å². The van der Waals surface area contributed by atoms with Crippen molar-refractivity contribution in [2.24, 2.45) is 5.92 Å². The molecule has 1 aliphatic rings. The minimum Gasteiger partial charge on any atom is -0.298 e. The first kappa shape index (κ1) is 15.9. The molecule has 0 saturated heterocycles. The van der Waals surface area contributed by atoms with Crippen LogP contribution in [-0.2, 0) is 14.8 Å². The van der Waals surface area contributed by atoms with E-state index in [-0.39, 0.29) is 4.90 Å². The highest BCUT2D eigenvalue weighted by atomic mass is 32.2. The lowest BCUT2D eigenvalue weighted by atomic mass is 10.00. The Morgan fingerprint density at radius 3 is 2.38 bits per heavy atom. The zero-order valence-electron chi connectivity index (χ0n) is 12.2. The Labute approximate surface area is 126 Å². The third-order valence-electron chi connectivity index (χ3n) is 3.77. The summed E-state index contributed by atoms with van der Waals surface area (Å²) in [5.74, 6) is 0.468. The summed E-state index contributed by atoms with van der Waals surface area (Å²) in [6.07, 6.45) is 7.56. The highest BCUT2D eigenvalue weighted by molar-refractivity contribution is 7.89. The van der Waals surface area contributed by atoms with Gasteiger partial charge in [0.05, 0.1) is 4.90 Å². The molecule has 0 radical (unpaired) electrons. The number of sulfonamides is 1. The van der Waals surface area contributed by atoms with Crippen LogP contribution >= 0.6 is 0 Å². The number of rotatable bonds is 6. The molecule has 0 bridgehead atoms. The van der Waals surface area contributed by atoms with Crippen molar-refractivity contribution in [1.82, 2.24) is 4.72 Å². The Hall–Kier alpha value is -1.46. The maximum atomic E-state index is 11.9. The van der Waals surface area contributed by atoms with Gasteiger partial charge < -0.3 is 0 Å². The van der Waals surface area contributed by atoms with Crippen LogP contribution in [0.4, 0.5) is 0 Å². The third kappa shape index (κ3) is 4.02. The average Bonchev–Trinajstić information content (AvgIpc) is 2.98. The van der Waals surface area contributed by atoms with Crippen LogP contribution in [-0.4, -0.2) is 21.2 Å². The molecule has 0 unspecified atom stereocenters. The maximum absolute atomic E-state index is 11.9. The van der Waals surface area contributed by atoms with Gasteiger partial charge in [-0.2, -0.15) is 0 Å². The fourth-order valence-electron chi connectivity index (χ4n) is 2.68. The average molecular weight is 307 g/mol. The van der Waals surface area contributed by atoms with E-state index >= 15 is 0 Å². The molecular weight excluding hydrogens is 286 g/mol. The van der Waals surface area contributed by atoms with E-state index < -0.39 is 10.0 Å². The summed E-state index contributed by atoms with van der Waals surface area (Å²) in [5, 5.41) is 0. The van der Waals surface area contributed by atoms with Crippen LogP contribution in [0.2, 0.25) is 0 Å². The zero-order valence-corrected chi connectivity index (χ0v) is 13.0. The van der Waals surface area contributed by atoms with Crippen LogP contribution in [0.1, 0.15) is 38.2 Å². The van der Waals surface area contributed by atoms with Gasteiger partial charge in [0.15, 0.2) is 0 Å². The minimum atomic E-state index is -3.44. The molecule has 0 aromatic heterocycles. The van der Waals surface area contributed by atoms with Crippen molar-refractivity contribution in [3.63, 3.8) is 0 Å². The molecule has 0 amide bonds. The second kappa shape index (κ2) is 7.00. The summed E-state index contributed by atoms with van der Waals surface area (Å²) in [6.45, 7) is 2.09. The van der Waals surface area contributed by atoms with Gasteiger partial charge in [0.1, 0.15) is 6.29 Å². The topological polar surface area (TPSA) is 63.2 Å². The Bertz CT molecular complexity index is 611. The van der Waals surface area contributed by atoms with Crippen molar-refractivity contribution in [2.45, 2.75) is 37.5 Å². The first-order chi connectivity index (χ1) is 10.1. The number of carbonyl (C=O) groups is 1. The van der Waals surface area contributed by atoms with Crippen LogP contribution in [0.3, 0.4) is 0 Å². The maximum Gasteiger partial charge on any atom is 0.240 e. The van der Waals surface area contributed by atoms with Crippen LogP contribution in [0.25, 0.3) is 5.57 Å². The van der Waals surface area contributed by atoms with Crippen LogP contribution in [0.5, 0.6) is 0 Å². The molecular formula is C16H21NO3S. The molecule has 0 atom stereocenters. The summed E-state index contributed by atoms with van der Waals surface area (Å²) in [6, 6.07) is 6.47. The second-order valence-corrected chi connectivity index (χ2v) is 7.08. The Morgan fingerprint density at radius 1 is 1.24 bits per heavy atom. The van der Waals surface area contributed by atoms with E-state index in [0.29, 0.717) is 18.0 Å². The quantitative estimate of drug-likeness (QED) is 0.649. The molecule has 5 heteroatoms. The molecule has 1 fully saturated rings. The Morgan fingerprint density at radius 2 is 1.86 bits per heavy atom. The lowest BCUT2D eigenvalue weighted by molar-refractivity contribution is -0.103. The van der Waals surface area contributed by atoms with E-state index in [4.69, 9.17) is 0 Å². The largest absolute Gasteiger partial charge is 0.298 e. The number of allylic oxidation sites excluding steroid dienone is 2. The number of carbonyl (C=O) groups excluding carboxylic acids is 1. The van der Waals surface area contributed by atoms with Crippen molar-refractivity contribution in [2.75, 3.05) is 6.54 Å². The van der Waals surface area contributed by atoms with Crippen molar-refractivity contribution in [3.8, 4) is 0 Å². The highest BCUT2D eigenvalue weighted by Gasteiger charge is 2.15. The van der Waals surface area contributed by atoms with Gasteiger partial charge in [0, 0.05) is 12.1 Å². The molecule has 1 aromatic rings. The lowest BCUT2D eigenvalue weighted by Gasteiger charge is -2.08. The van der Waals surface area contributed by atoms with E-state index in [0.717, 1.165) is 24.7 Å². The number of benzene rings is 1. The minimum absolute atomic E-state index is 0.221. The van der Waals surface area contributed by atoms with Crippen LogP contribution < -0.4 is 4.72 Å². The fraction of sp³-hybridized carbons (Fsp3) is 0.438. The summed E-state index contributed by atoms with van der Waals surface area (Å²) in [5.41, 5.74) is 1.42. The Balaban J connectivity index is 2.22. The number of aldehydes is 1. The molecule has 4 nitrogen and oxygen atoms in total. The molecule has 0 heterocycles. The molecule has 1 aliphatic carbocycles. The number of hydrogen-bond acceptors (Lipinski definition) is 3. The molecule has 114 valence electrons. The summed E-state index contributed by atoms with van der Waals surface area (Å²) >= 11 is 0. The monoisotopic (exact) mass is 307 g/mol. The van der Waals surface area contributed by atoms with Gasteiger partial charge in [0.2, 0.25) is 10.0 Å². The van der Waals surface area contributed by atoms with Gasteiger partial charge in [-0.15, -0.1) is 0 Å². The fourth-order valence-corrected chi connectivity index (χ4v) is 3.72. The van der Waals surface area contributed by atoms with Crippen molar-refractivity contribution in [1.29, 1.82) is 0 Å². The van der Waals surface area contributed by atoms with E-state index in [1.54, 1.807) is 31.2 Å². The van der Waals surface area contributed by atoms with Crippen molar-refractivity contribution in [3.05, 3.63) is 35.9 Å². The summed E-state index contributed by atoms with van der Waals surface area (Å²) in [7, 11) is -3.44. The molecule has 2 rings (SSSR count). The van der Waals surface area contributed by atoms with Gasteiger partial charge in [-0.3, -0.25) is 4.79 Å². The zero-order chi connectivity index (χ0) is 15.3. The molecule has 0 aliphatic heterocycles. The molecule has 21 heavy (non-hydrogen) atoms. The van der Waals surface area contributed by atoms with E-state index in [1.807, 2.05) is 6.08 Å². The molecule has 1 aromatic carbocycles. The summed E-state index contributed by atoms with van der Waals surface area (Å²) in [4.78, 5) is 11.5. The second-order valence-electron chi connectivity index (χ2n) is 5.31. The summed E-state index contributed by atoms with van der Waals surface area (Å²) < 4.78 is 26.2. The van der Waals surface area contributed by atoms with E-state index in [9.17, 15) is 13.2 Å². The highest BCUT2D eigenvalue weighted by Crippen LogP contribution is 2.28. The molecule has 1 saturated carbocycles. The van der Waals surface area contributed by atoms with Crippen molar-refractivity contribution >= 4 is 21.9 Å². The Kier molecular flexibility index (Phi) is 5.31.